The molecule has 0 unspecified atom stereocenters. The molecule has 0 atom stereocenters. The van der Waals surface area contributed by atoms with Gasteiger partial charge in [0, 0.05) is 4.88 Å². The Hall–Kier alpha value is -3.85. The van der Waals surface area contributed by atoms with Crippen LogP contribution in [0.5, 0.6) is 11.5 Å². The summed E-state index contributed by atoms with van der Waals surface area (Å²) in [7, 11) is 0. The summed E-state index contributed by atoms with van der Waals surface area (Å²) in [6, 6.07) is 13.5. The van der Waals surface area contributed by atoms with Gasteiger partial charge in [0.25, 0.3) is 5.56 Å². The van der Waals surface area contributed by atoms with Gasteiger partial charge >= 0.3 is 11.7 Å². The molecule has 156 valence electrons. The first-order valence-corrected chi connectivity index (χ1v) is 10.3. The minimum absolute atomic E-state index is 0.0434. The number of aromatic amines is 1. The lowest BCUT2D eigenvalue weighted by Crippen LogP contribution is -2.35. The number of nitrogens with one attached hydrogen (secondary N) is 1. The van der Waals surface area contributed by atoms with Gasteiger partial charge in [-0.2, -0.15) is 0 Å². The molecule has 4 aromatic rings. The van der Waals surface area contributed by atoms with Gasteiger partial charge in [-0.05, 0) is 47.3 Å². The van der Waals surface area contributed by atoms with Gasteiger partial charge in [0.1, 0.15) is 6.61 Å². The molecule has 2 aromatic carbocycles. The van der Waals surface area contributed by atoms with Crippen LogP contribution in [0.3, 0.4) is 0 Å². The van der Waals surface area contributed by atoms with E-state index in [9.17, 15) is 14.4 Å². The van der Waals surface area contributed by atoms with Crippen molar-refractivity contribution in [2.45, 2.75) is 13.2 Å². The van der Waals surface area contributed by atoms with Crippen LogP contribution in [0.1, 0.15) is 20.8 Å². The Balaban J connectivity index is 1.40. The lowest BCUT2D eigenvalue weighted by atomic mass is 10.1. The van der Waals surface area contributed by atoms with Crippen molar-refractivity contribution >= 4 is 28.2 Å². The van der Waals surface area contributed by atoms with Crippen LogP contribution < -0.4 is 20.7 Å². The van der Waals surface area contributed by atoms with E-state index in [1.807, 2.05) is 17.5 Å². The van der Waals surface area contributed by atoms with Gasteiger partial charge in [-0.1, -0.05) is 12.1 Å². The zero-order valence-corrected chi connectivity index (χ0v) is 16.9. The number of esters is 1. The second kappa shape index (κ2) is 7.77. The normalized spacial score (nSPS) is 12.3. The summed E-state index contributed by atoms with van der Waals surface area (Å²) in [5.41, 5.74) is 0.382. The summed E-state index contributed by atoms with van der Waals surface area (Å²) in [5, 5.41) is 2.12. The Bertz CT molecular complexity index is 1400. The van der Waals surface area contributed by atoms with Gasteiger partial charge in [-0.25, -0.2) is 9.59 Å². The molecule has 2 aromatic heterocycles. The molecule has 0 spiro atoms. The molecule has 31 heavy (non-hydrogen) atoms. The first-order valence-electron chi connectivity index (χ1n) is 9.43. The number of carbonyl (C=O) groups is 1. The predicted molar refractivity (Wildman–Crippen MR) is 114 cm³/mol. The van der Waals surface area contributed by atoms with Crippen molar-refractivity contribution in [1.82, 2.24) is 9.55 Å². The van der Waals surface area contributed by atoms with Crippen molar-refractivity contribution in [3.05, 3.63) is 90.8 Å². The molecule has 8 nitrogen and oxygen atoms in total. The van der Waals surface area contributed by atoms with Gasteiger partial charge in [-0.15, -0.1) is 11.3 Å². The smallest absolute Gasteiger partial charge is 0.338 e. The van der Waals surface area contributed by atoms with E-state index in [0.717, 1.165) is 15.0 Å². The van der Waals surface area contributed by atoms with Crippen molar-refractivity contribution in [2.24, 2.45) is 0 Å². The summed E-state index contributed by atoms with van der Waals surface area (Å²) in [5.74, 6) is 0.682. The van der Waals surface area contributed by atoms with E-state index in [1.165, 1.54) is 29.5 Å². The van der Waals surface area contributed by atoms with Crippen LogP contribution in [0.2, 0.25) is 0 Å². The number of nitrogens with zero attached hydrogens (tertiary/aromatic N) is 1. The first-order chi connectivity index (χ1) is 15.1. The largest absolute Gasteiger partial charge is 0.457 e. The molecular formula is C22H16N2O6S. The van der Waals surface area contributed by atoms with Gasteiger partial charge < -0.3 is 19.2 Å². The average molecular weight is 436 g/mol. The summed E-state index contributed by atoms with van der Waals surface area (Å²) in [6.45, 7) is 0.379. The SMILES string of the molecule is O=C(OCc1ccc2c(c1)OCO2)c1ccc2[nH]c(=O)n(Cc3cccs3)c(=O)c2c1. The molecular weight excluding hydrogens is 420 g/mol. The topological polar surface area (TPSA) is 99.6 Å². The number of fused-ring (bicyclic) bond motifs is 2. The Morgan fingerprint density at radius 1 is 1.10 bits per heavy atom. The van der Waals surface area contributed by atoms with Crippen molar-refractivity contribution in [3.8, 4) is 11.5 Å². The first kappa shape index (κ1) is 19.1. The molecule has 1 aliphatic heterocycles. The number of ether oxygens (including phenoxy) is 3. The number of hydrogen-bond acceptors (Lipinski definition) is 7. The maximum Gasteiger partial charge on any atom is 0.338 e. The Kier molecular flexibility index (Phi) is 4.79. The minimum Gasteiger partial charge on any atom is -0.457 e. The fraction of sp³-hybridized carbons (Fsp3) is 0.136. The van der Waals surface area contributed by atoms with E-state index in [1.54, 1.807) is 18.2 Å². The quantitative estimate of drug-likeness (QED) is 0.483. The predicted octanol–water partition coefficient (Wildman–Crippen LogP) is 2.89. The van der Waals surface area contributed by atoms with Crippen LogP contribution in [0, 0.1) is 0 Å². The fourth-order valence-electron chi connectivity index (χ4n) is 3.34. The van der Waals surface area contributed by atoms with E-state index in [2.05, 4.69) is 4.98 Å². The monoisotopic (exact) mass is 436 g/mol. The molecule has 3 heterocycles. The van der Waals surface area contributed by atoms with Crippen molar-refractivity contribution < 1.29 is 19.0 Å². The van der Waals surface area contributed by atoms with Crippen LogP contribution in [0.15, 0.2) is 63.5 Å². The minimum atomic E-state index is -0.574. The molecule has 0 amide bonds. The highest BCUT2D eigenvalue weighted by Crippen LogP contribution is 2.32. The highest BCUT2D eigenvalue weighted by atomic mass is 32.1. The van der Waals surface area contributed by atoms with Crippen molar-refractivity contribution in [2.75, 3.05) is 6.79 Å². The third-order valence-corrected chi connectivity index (χ3v) is 5.78. The van der Waals surface area contributed by atoms with Crippen LogP contribution >= 0.6 is 11.3 Å². The second-order valence-corrected chi connectivity index (χ2v) is 7.96. The number of aromatic nitrogens is 2. The number of benzene rings is 2. The van der Waals surface area contributed by atoms with Crippen LogP contribution in [0.25, 0.3) is 10.9 Å². The molecule has 1 aliphatic rings. The molecule has 0 aliphatic carbocycles. The van der Waals surface area contributed by atoms with Crippen molar-refractivity contribution in [1.29, 1.82) is 0 Å². The van der Waals surface area contributed by atoms with E-state index in [0.29, 0.717) is 17.0 Å². The van der Waals surface area contributed by atoms with E-state index >= 15 is 0 Å². The molecule has 0 saturated heterocycles. The average Bonchev–Trinajstić information content (AvgIpc) is 3.46. The lowest BCUT2D eigenvalue weighted by Gasteiger charge is -2.08. The molecule has 9 heteroatoms. The maximum atomic E-state index is 12.9. The van der Waals surface area contributed by atoms with Crippen molar-refractivity contribution in [3.63, 3.8) is 0 Å². The second-order valence-electron chi connectivity index (χ2n) is 6.92. The molecule has 0 radical (unpaired) electrons. The summed E-state index contributed by atoms with van der Waals surface area (Å²) in [6.07, 6.45) is 0. The Morgan fingerprint density at radius 3 is 2.81 bits per heavy atom. The molecule has 1 N–H and O–H groups in total. The molecule has 5 rings (SSSR count). The van der Waals surface area contributed by atoms with Crippen LogP contribution in [0.4, 0.5) is 0 Å². The Morgan fingerprint density at radius 2 is 1.97 bits per heavy atom. The highest BCUT2D eigenvalue weighted by Gasteiger charge is 2.16. The van der Waals surface area contributed by atoms with Gasteiger partial charge in [0.2, 0.25) is 6.79 Å². The van der Waals surface area contributed by atoms with Gasteiger partial charge in [-0.3, -0.25) is 9.36 Å². The summed E-state index contributed by atoms with van der Waals surface area (Å²) in [4.78, 5) is 41.4. The molecule has 0 fully saturated rings. The van der Waals surface area contributed by atoms with E-state index in [4.69, 9.17) is 14.2 Å². The summed E-state index contributed by atoms with van der Waals surface area (Å²) >= 11 is 1.46. The zero-order valence-electron chi connectivity index (χ0n) is 16.1. The van der Waals surface area contributed by atoms with Crippen LogP contribution in [-0.4, -0.2) is 22.3 Å². The maximum absolute atomic E-state index is 12.9. The van der Waals surface area contributed by atoms with Gasteiger partial charge in [0.05, 0.1) is 23.0 Å². The third-order valence-electron chi connectivity index (χ3n) is 4.92. The number of rotatable bonds is 5. The molecule has 0 saturated carbocycles. The standard InChI is InChI=1S/C22H16N2O6S/c25-20-16-9-14(21(26)28-11-13-3-6-18-19(8-13)30-12-29-18)4-5-17(16)23-22(27)24(20)10-15-2-1-7-31-15/h1-9H,10-12H2,(H,23,27). The summed E-state index contributed by atoms with van der Waals surface area (Å²) < 4.78 is 17.1. The third kappa shape index (κ3) is 3.71. The lowest BCUT2D eigenvalue weighted by molar-refractivity contribution is 0.0472. The van der Waals surface area contributed by atoms with Gasteiger partial charge in [0.15, 0.2) is 11.5 Å². The molecule has 0 bridgehead atoms. The van der Waals surface area contributed by atoms with E-state index < -0.39 is 17.2 Å². The Labute approximate surface area is 179 Å². The van der Waals surface area contributed by atoms with Crippen LogP contribution in [-0.2, 0) is 17.9 Å². The zero-order chi connectivity index (χ0) is 21.4. The fourth-order valence-corrected chi connectivity index (χ4v) is 4.04. The number of H-pyrrole nitrogens is 1. The number of thiophene rings is 1. The number of hydrogen-bond donors (Lipinski definition) is 1. The number of carbonyl (C=O) groups excluding carboxylic acids is 1. The van der Waals surface area contributed by atoms with E-state index in [-0.39, 0.29) is 30.9 Å². The highest BCUT2D eigenvalue weighted by molar-refractivity contribution is 7.09.